The van der Waals surface area contributed by atoms with Crippen LogP contribution in [0.4, 0.5) is 13.2 Å². The lowest BCUT2D eigenvalue weighted by Gasteiger charge is -2.20. The average molecular weight is 599 g/mol. The van der Waals surface area contributed by atoms with Crippen LogP contribution in [0, 0.1) is 0 Å². The van der Waals surface area contributed by atoms with Crippen LogP contribution in [-0.2, 0) is 4.74 Å². The number of halogens is 3. The Labute approximate surface area is 252 Å². The van der Waals surface area contributed by atoms with Gasteiger partial charge in [0.1, 0.15) is 11.5 Å². The summed E-state index contributed by atoms with van der Waals surface area (Å²) >= 11 is 0. The van der Waals surface area contributed by atoms with E-state index in [-0.39, 0.29) is 17.7 Å². The first-order chi connectivity index (χ1) is 20.7. The van der Waals surface area contributed by atoms with Crippen LogP contribution in [0.2, 0.25) is 0 Å². The predicted molar refractivity (Wildman–Crippen MR) is 162 cm³/mol. The molecule has 0 aliphatic heterocycles. The largest absolute Gasteiger partial charge is 0.494 e. The topological polar surface area (TPSA) is 61.8 Å². The summed E-state index contributed by atoms with van der Waals surface area (Å²) in [6.45, 7) is 4.79. The molecule has 1 atom stereocenters. The van der Waals surface area contributed by atoms with Crippen molar-refractivity contribution in [2.24, 2.45) is 0 Å². The van der Waals surface area contributed by atoms with E-state index < -0.39 is 24.2 Å². The van der Waals surface area contributed by atoms with E-state index in [4.69, 9.17) is 14.2 Å². The molecule has 3 aromatic rings. The maximum atomic E-state index is 13.3. The highest BCUT2D eigenvalue weighted by molar-refractivity contribution is 5.92. The Kier molecular flexibility index (Phi) is 13.6. The summed E-state index contributed by atoms with van der Waals surface area (Å²) in [5, 5.41) is 0. The fourth-order valence-electron chi connectivity index (χ4n) is 4.51. The van der Waals surface area contributed by atoms with Gasteiger partial charge in [-0.05, 0) is 78.9 Å². The molecule has 0 saturated heterocycles. The second-order valence-corrected chi connectivity index (χ2v) is 10.6. The summed E-state index contributed by atoms with van der Waals surface area (Å²) in [6, 6.07) is 20.0. The molecule has 0 bridgehead atoms. The first-order valence-corrected chi connectivity index (χ1v) is 15.1. The van der Waals surface area contributed by atoms with E-state index >= 15 is 0 Å². The zero-order valence-electron chi connectivity index (χ0n) is 25.0. The molecule has 43 heavy (non-hydrogen) atoms. The van der Waals surface area contributed by atoms with Crippen LogP contribution in [0.1, 0.15) is 98.8 Å². The van der Waals surface area contributed by atoms with Crippen LogP contribution >= 0.6 is 0 Å². The van der Waals surface area contributed by atoms with Gasteiger partial charge in [0.25, 0.3) is 0 Å². The summed E-state index contributed by atoms with van der Waals surface area (Å²) in [6.07, 6.45) is 1.88. The maximum Gasteiger partial charge on any atom is 0.425 e. The van der Waals surface area contributed by atoms with Gasteiger partial charge in [0.2, 0.25) is 0 Å². The molecule has 232 valence electrons. The second kappa shape index (κ2) is 17.3. The van der Waals surface area contributed by atoms with Crippen LogP contribution in [0.5, 0.6) is 11.5 Å². The first kappa shape index (κ1) is 33.7. The van der Waals surface area contributed by atoms with Crippen LogP contribution in [0.15, 0.2) is 72.8 Å². The van der Waals surface area contributed by atoms with Gasteiger partial charge in [-0.3, -0.25) is 0 Å². The van der Waals surface area contributed by atoms with Crippen molar-refractivity contribution in [3.63, 3.8) is 0 Å². The molecule has 0 aromatic heterocycles. The van der Waals surface area contributed by atoms with E-state index in [1.807, 2.05) is 43.3 Å². The molecular formula is C35H41F3O5. The number of ether oxygens (including phenoxy) is 3. The van der Waals surface area contributed by atoms with Crippen molar-refractivity contribution >= 4 is 11.9 Å². The van der Waals surface area contributed by atoms with Crippen molar-refractivity contribution in [1.29, 1.82) is 0 Å². The van der Waals surface area contributed by atoms with Crippen molar-refractivity contribution in [3.05, 3.63) is 83.9 Å². The molecule has 0 aliphatic carbocycles. The van der Waals surface area contributed by atoms with Crippen LogP contribution in [0.25, 0.3) is 11.1 Å². The summed E-state index contributed by atoms with van der Waals surface area (Å²) in [7, 11) is 0. The summed E-state index contributed by atoms with van der Waals surface area (Å²) < 4.78 is 55.8. The fraction of sp³-hybridized carbons (Fsp3) is 0.429. The van der Waals surface area contributed by atoms with Crippen molar-refractivity contribution in [1.82, 2.24) is 0 Å². The van der Waals surface area contributed by atoms with Gasteiger partial charge >= 0.3 is 18.1 Å². The number of benzene rings is 3. The molecule has 0 unspecified atom stereocenters. The Morgan fingerprint density at radius 1 is 0.628 bits per heavy atom. The number of alkyl halides is 3. The molecule has 0 amide bonds. The third kappa shape index (κ3) is 11.4. The van der Waals surface area contributed by atoms with E-state index in [9.17, 15) is 22.8 Å². The highest BCUT2D eigenvalue weighted by atomic mass is 19.4. The van der Waals surface area contributed by atoms with E-state index in [1.165, 1.54) is 56.4 Å². The second-order valence-electron chi connectivity index (χ2n) is 10.6. The minimum absolute atomic E-state index is 0.0623. The number of hydrogen-bond acceptors (Lipinski definition) is 5. The lowest BCUT2D eigenvalue weighted by molar-refractivity contribution is -0.206. The van der Waals surface area contributed by atoms with Crippen LogP contribution in [-0.4, -0.2) is 30.8 Å². The van der Waals surface area contributed by atoms with Gasteiger partial charge in [0.15, 0.2) is 6.10 Å². The smallest absolute Gasteiger partial charge is 0.425 e. The molecule has 5 nitrogen and oxygen atoms in total. The lowest BCUT2D eigenvalue weighted by Crippen LogP contribution is -2.33. The quantitative estimate of drug-likeness (QED) is 0.0879. The monoisotopic (exact) mass is 598 g/mol. The van der Waals surface area contributed by atoms with E-state index in [1.54, 1.807) is 12.1 Å². The van der Waals surface area contributed by atoms with Crippen LogP contribution in [0.3, 0.4) is 0 Å². The molecule has 0 fully saturated rings. The molecule has 3 aromatic carbocycles. The standard InChI is InChI=1S/C35H41F3O5/c1-3-5-7-8-9-11-25-41-30-21-17-27(18-22-30)26-13-15-28(16-14-26)33(39)42-31-23-19-29(20-24-31)34(40)43-32(35(36,37)38)12-10-6-4-2/h13-24,32H,3-12,25H2,1-2H3/t32-/m1/s1. The number of unbranched alkanes of at least 4 members (excludes halogenated alkanes) is 7. The normalized spacial score (nSPS) is 12.0. The Bertz CT molecular complexity index is 1250. The van der Waals surface area contributed by atoms with Crippen molar-refractivity contribution in [3.8, 4) is 22.6 Å². The average Bonchev–Trinajstić information content (AvgIpc) is 3.00. The maximum absolute atomic E-state index is 13.3. The summed E-state index contributed by atoms with van der Waals surface area (Å²) in [5.41, 5.74) is 2.17. The minimum Gasteiger partial charge on any atom is -0.494 e. The van der Waals surface area contributed by atoms with Gasteiger partial charge in [-0.1, -0.05) is 83.1 Å². The van der Waals surface area contributed by atoms with E-state index in [2.05, 4.69) is 6.92 Å². The Morgan fingerprint density at radius 3 is 1.72 bits per heavy atom. The van der Waals surface area contributed by atoms with Crippen molar-refractivity contribution < 1.29 is 37.0 Å². The van der Waals surface area contributed by atoms with Gasteiger partial charge in [0.05, 0.1) is 17.7 Å². The van der Waals surface area contributed by atoms with Gasteiger partial charge in [0, 0.05) is 0 Å². The number of hydrogen-bond donors (Lipinski definition) is 0. The zero-order chi connectivity index (χ0) is 31.1. The Hall–Kier alpha value is -3.81. The highest BCUT2D eigenvalue weighted by Gasteiger charge is 2.42. The van der Waals surface area contributed by atoms with Gasteiger partial charge < -0.3 is 14.2 Å². The van der Waals surface area contributed by atoms with Crippen molar-refractivity contribution in [2.45, 2.75) is 90.3 Å². The molecule has 0 heterocycles. The van der Waals surface area contributed by atoms with Crippen LogP contribution < -0.4 is 9.47 Å². The molecule has 8 heteroatoms. The summed E-state index contributed by atoms with van der Waals surface area (Å²) in [4.78, 5) is 25.0. The molecule has 0 radical (unpaired) electrons. The zero-order valence-corrected chi connectivity index (χ0v) is 25.0. The minimum atomic E-state index is -4.64. The number of carbonyl (C=O) groups is 2. The first-order valence-electron chi connectivity index (χ1n) is 15.1. The molecule has 0 aliphatic rings. The van der Waals surface area contributed by atoms with Gasteiger partial charge in [-0.15, -0.1) is 0 Å². The van der Waals surface area contributed by atoms with Gasteiger partial charge in [-0.2, -0.15) is 13.2 Å². The molecule has 0 N–H and O–H groups in total. The van der Waals surface area contributed by atoms with E-state index in [0.717, 1.165) is 29.7 Å². The lowest BCUT2D eigenvalue weighted by atomic mass is 10.0. The van der Waals surface area contributed by atoms with Gasteiger partial charge in [-0.25, -0.2) is 9.59 Å². The molecule has 0 spiro atoms. The third-order valence-corrected chi connectivity index (χ3v) is 7.06. The van der Waals surface area contributed by atoms with Crippen molar-refractivity contribution in [2.75, 3.05) is 6.61 Å². The number of rotatable bonds is 17. The molecule has 0 saturated carbocycles. The SMILES string of the molecule is CCCCCCCCOc1ccc(-c2ccc(C(=O)Oc3ccc(C(=O)O[C@H](CCCCC)C(F)(F)F)cc3)cc2)cc1. The number of carbonyl (C=O) groups excluding carboxylic acids is 2. The summed E-state index contributed by atoms with van der Waals surface area (Å²) in [5.74, 6) is -0.709. The molecular weight excluding hydrogens is 557 g/mol. The molecule has 3 rings (SSSR count). The highest BCUT2D eigenvalue weighted by Crippen LogP contribution is 2.28. The van der Waals surface area contributed by atoms with E-state index in [0.29, 0.717) is 25.0 Å². The fourth-order valence-corrected chi connectivity index (χ4v) is 4.51. The Morgan fingerprint density at radius 2 is 1.12 bits per heavy atom. The number of esters is 2. The third-order valence-electron chi connectivity index (χ3n) is 7.06. The Balaban J connectivity index is 1.49. The predicted octanol–water partition coefficient (Wildman–Crippen LogP) is 9.98.